The average Bonchev–Trinajstić information content (AvgIpc) is 2.51. The monoisotopic (exact) mass is 281 g/mol. The lowest BCUT2D eigenvalue weighted by atomic mass is 9.46. The molecule has 0 saturated heterocycles. The first-order chi connectivity index (χ1) is 9.08. The molecule has 0 heterocycles. The maximum atomic E-state index is 11.8. The van der Waals surface area contributed by atoms with Gasteiger partial charge in [-0.25, -0.2) is 0 Å². The molecule has 2 aliphatic rings. The highest BCUT2D eigenvalue weighted by atomic mass is 16.6. The summed E-state index contributed by atoms with van der Waals surface area (Å²) in [5.74, 6) is -1.15. The number of hydrogen-bond donors (Lipinski definition) is 1. The number of allylic oxidation sites excluding steroid dienone is 2. The zero-order chi connectivity index (χ0) is 15.3. The van der Waals surface area contributed by atoms with Crippen molar-refractivity contribution in [1.82, 2.24) is 0 Å². The van der Waals surface area contributed by atoms with Gasteiger partial charge in [-0.05, 0) is 37.0 Å². The van der Waals surface area contributed by atoms with Crippen molar-refractivity contribution in [3.8, 4) is 0 Å². The van der Waals surface area contributed by atoms with Gasteiger partial charge in [-0.2, -0.15) is 0 Å². The number of nitro groups is 1. The lowest BCUT2D eigenvalue weighted by Crippen LogP contribution is -2.59. The summed E-state index contributed by atoms with van der Waals surface area (Å²) in [4.78, 5) is 22.6. The summed E-state index contributed by atoms with van der Waals surface area (Å²) in [5.41, 5.74) is 0.0240. The van der Waals surface area contributed by atoms with Gasteiger partial charge in [-0.1, -0.05) is 32.4 Å². The van der Waals surface area contributed by atoms with Gasteiger partial charge in [0.25, 0.3) is 0 Å². The highest BCUT2D eigenvalue weighted by molar-refractivity contribution is 5.72. The molecule has 0 aromatic rings. The summed E-state index contributed by atoms with van der Waals surface area (Å²) < 4.78 is 0. The van der Waals surface area contributed by atoms with E-state index < -0.39 is 22.7 Å². The molecule has 5 nitrogen and oxygen atoms in total. The predicted molar refractivity (Wildman–Crippen MR) is 74.8 cm³/mol. The first-order valence-corrected chi connectivity index (χ1v) is 7.10. The molecule has 0 radical (unpaired) electrons. The Balaban J connectivity index is 2.43. The maximum absolute atomic E-state index is 11.8. The van der Waals surface area contributed by atoms with E-state index in [-0.39, 0.29) is 17.4 Å². The van der Waals surface area contributed by atoms with Crippen molar-refractivity contribution in [1.29, 1.82) is 0 Å². The molecule has 112 valence electrons. The highest BCUT2D eigenvalue weighted by Gasteiger charge is 2.65. The Bertz CT molecular complexity index is 477. The summed E-state index contributed by atoms with van der Waals surface area (Å²) in [7, 11) is 0. The first-order valence-electron chi connectivity index (χ1n) is 7.10. The van der Waals surface area contributed by atoms with Crippen LogP contribution in [0.25, 0.3) is 0 Å². The molecule has 4 atom stereocenters. The third-order valence-corrected chi connectivity index (χ3v) is 4.97. The molecule has 0 aromatic carbocycles. The smallest absolute Gasteiger partial charge is 0.307 e. The van der Waals surface area contributed by atoms with E-state index >= 15 is 0 Å². The van der Waals surface area contributed by atoms with Crippen molar-refractivity contribution in [2.75, 3.05) is 6.54 Å². The second kappa shape index (κ2) is 4.57. The summed E-state index contributed by atoms with van der Waals surface area (Å²) in [6, 6.07) is 0. The van der Waals surface area contributed by atoms with E-state index in [9.17, 15) is 20.0 Å². The fraction of sp³-hybridized carbons (Fsp3) is 0.800. The van der Waals surface area contributed by atoms with Gasteiger partial charge in [0.1, 0.15) is 0 Å². The van der Waals surface area contributed by atoms with E-state index in [2.05, 4.69) is 6.08 Å². The zero-order valence-corrected chi connectivity index (χ0v) is 12.5. The Kier molecular flexibility index (Phi) is 3.43. The van der Waals surface area contributed by atoms with Gasteiger partial charge >= 0.3 is 5.97 Å². The van der Waals surface area contributed by atoms with E-state index in [0.717, 1.165) is 6.42 Å². The number of hydrogen-bond acceptors (Lipinski definition) is 3. The van der Waals surface area contributed by atoms with Gasteiger partial charge in [-0.3, -0.25) is 14.9 Å². The molecule has 2 rings (SSSR count). The number of aliphatic carboxylic acids is 1. The average molecular weight is 281 g/mol. The standard InChI is InChI=1S/C15H23NO4/c1-9-5-10-7-15(8-16(19)20,11(10)6-9)12(13(17)18)14(2,3)4/h6,10-12H,5,7-8H2,1-4H3,(H,17,18)/t10-,11+,12?,15+/m1/s1. The summed E-state index contributed by atoms with van der Waals surface area (Å²) >= 11 is 0. The molecular weight excluding hydrogens is 258 g/mol. The SMILES string of the molecule is CC1=C[C@H]2[C@H](C1)C[C@@]2(C[N+](=O)[O-])C(C(=O)O)C(C)(C)C. The number of carboxylic acid groups (broad SMARTS) is 1. The van der Waals surface area contributed by atoms with Crippen molar-refractivity contribution >= 4 is 5.97 Å². The van der Waals surface area contributed by atoms with Crippen LogP contribution < -0.4 is 0 Å². The van der Waals surface area contributed by atoms with E-state index in [1.54, 1.807) is 0 Å². The molecule has 2 aliphatic carbocycles. The van der Waals surface area contributed by atoms with E-state index in [1.807, 2.05) is 27.7 Å². The van der Waals surface area contributed by atoms with Crippen molar-refractivity contribution < 1.29 is 14.8 Å². The van der Waals surface area contributed by atoms with Crippen LogP contribution in [0.3, 0.4) is 0 Å². The number of nitrogens with zero attached hydrogens (tertiary/aromatic N) is 1. The largest absolute Gasteiger partial charge is 0.481 e. The molecule has 0 bridgehead atoms. The summed E-state index contributed by atoms with van der Waals surface area (Å²) in [5, 5.41) is 20.8. The maximum Gasteiger partial charge on any atom is 0.307 e. The van der Waals surface area contributed by atoms with Gasteiger partial charge in [-0.15, -0.1) is 0 Å². The normalized spacial score (nSPS) is 33.9. The lowest BCUT2D eigenvalue weighted by Gasteiger charge is -2.55. The molecule has 0 amide bonds. The number of fused-ring (bicyclic) bond motifs is 1. The molecular formula is C15H23NO4. The Morgan fingerprint density at radius 3 is 2.60 bits per heavy atom. The fourth-order valence-electron chi connectivity index (χ4n) is 4.64. The quantitative estimate of drug-likeness (QED) is 0.488. The number of carbonyl (C=O) groups is 1. The minimum Gasteiger partial charge on any atom is -0.481 e. The molecule has 0 aliphatic heterocycles. The fourth-order valence-corrected chi connectivity index (χ4v) is 4.64. The van der Waals surface area contributed by atoms with Crippen molar-refractivity contribution in [2.24, 2.45) is 28.6 Å². The van der Waals surface area contributed by atoms with Crippen molar-refractivity contribution in [2.45, 2.75) is 40.5 Å². The first kappa shape index (κ1) is 15.0. The number of rotatable bonds is 4. The van der Waals surface area contributed by atoms with Crippen molar-refractivity contribution in [3.05, 3.63) is 21.8 Å². The predicted octanol–water partition coefficient (Wildman–Crippen LogP) is 2.98. The second-order valence-corrected chi connectivity index (χ2v) is 7.57. The topological polar surface area (TPSA) is 80.4 Å². The summed E-state index contributed by atoms with van der Waals surface area (Å²) in [6.07, 6.45) is 3.70. The molecule has 1 unspecified atom stereocenters. The zero-order valence-electron chi connectivity index (χ0n) is 12.5. The Morgan fingerprint density at radius 1 is 1.60 bits per heavy atom. The second-order valence-electron chi connectivity index (χ2n) is 7.57. The van der Waals surface area contributed by atoms with Crippen molar-refractivity contribution in [3.63, 3.8) is 0 Å². The van der Waals surface area contributed by atoms with E-state index in [1.165, 1.54) is 5.57 Å². The van der Waals surface area contributed by atoms with Crippen LogP contribution in [0.2, 0.25) is 0 Å². The Labute approximate surface area is 119 Å². The number of carboxylic acids is 1. The minimum atomic E-state index is -0.907. The Morgan fingerprint density at radius 2 is 2.20 bits per heavy atom. The molecule has 1 N–H and O–H groups in total. The van der Waals surface area contributed by atoms with Gasteiger partial charge in [0.15, 0.2) is 0 Å². The van der Waals surface area contributed by atoms with E-state index in [0.29, 0.717) is 12.3 Å². The van der Waals surface area contributed by atoms with Gasteiger partial charge < -0.3 is 5.11 Å². The third kappa shape index (κ3) is 2.23. The van der Waals surface area contributed by atoms with Gasteiger partial charge in [0.05, 0.1) is 11.3 Å². The molecule has 1 saturated carbocycles. The third-order valence-electron chi connectivity index (χ3n) is 4.97. The van der Waals surface area contributed by atoms with Crippen LogP contribution in [0, 0.1) is 38.7 Å². The molecule has 1 fully saturated rings. The molecule has 0 spiro atoms. The van der Waals surface area contributed by atoms with Crippen LogP contribution >= 0.6 is 0 Å². The van der Waals surface area contributed by atoms with Crippen LogP contribution in [0.5, 0.6) is 0 Å². The summed E-state index contributed by atoms with van der Waals surface area (Å²) in [6.45, 7) is 7.39. The van der Waals surface area contributed by atoms with Crippen LogP contribution in [0.4, 0.5) is 0 Å². The molecule has 5 heteroatoms. The molecule has 0 aromatic heterocycles. The lowest BCUT2D eigenvalue weighted by molar-refractivity contribution is -0.510. The Hall–Kier alpha value is -1.39. The van der Waals surface area contributed by atoms with Crippen LogP contribution in [-0.2, 0) is 4.79 Å². The van der Waals surface area contributed by atoms with Crippen LogP contribution in [0.1, 0.15) is 40.5 Å². The van der Waals surface area contributed by atoms with Crippen LogP contribution in [0.15, 0.2) is 11.6 Å². The van der Waals surface area contributed by atoms with E-state index in [4.69, 9.17) is 0 Å². The van der Waals surface area contributed by atoms with Gasteiger partial charge in [0.2, 0.25) is 6.54 Å². The van der Waals surface area contributed by atoms with Gasteiger partial charge in [0, 0.05) is 4.92 Å². The van der Waals surface area contributed by atoms with Crippen LogP contribution in [-0.4, -0.2) is 22.5 Å². The molecule has 20 heavy (non-hydrogen) atoms. The minimum absolute atomic E-state index is 0.0493. The highest BCUT2D eigenvalue weighted by Crippen LogP contribution is 2.64.